The Hall–Kier alpha value is -1.86. The highest BCUT2D eigenvalue weighted by atomic mass is 19.1. The molecule has 0 aliphatic rings. The molecule has 0 aliphatic carbocycles. The number of hydrogen-bond donors (Lipinski definition) is 2. The number of carbonyl (C=O) groups excluding carboxylic acids is 1. The summed E-state index contributed by atoms with van der Waals surface area (Å²) in [5, 5.41) is 5.57. The maximum Gasteiger partial charge on any atom is 0.233 e. The molecular formula is C14H17FN2O. The van der Waals surface area contributed by atoms with Crippen LogP contribution in [0.15, 0.2) is 18.2 Å². The molecule has 0 atom stereocenters. The molecule has 3 nitrogen and oxygen atoms in total. The number of halogens is 1. The van der Waals surface area contributed by atoms with Crippen LogP contribution >= 0.6 is 0 Å². The normalized spacial score (nSPS) is 9.83. The van der Waals surface area contributed by atoms with Gasteiger partial charge in [0.1, 0.15) is 5.82 Å². The minimum absolute atomic E-state index is 0.0926. The lowest BCUT2D eigenvalue weighted by molar-refractivity contribution is -0.120. The molecule has 96 valence electrons. The minimum atomic E-state index is -0.237. The number of terminal acetylenes is 1. The van der Waals surface area contributed by atoms with Gasteiger partial charge in [0.25, 0.3) is 0 Å². The number of rotatable bonds is 6. The van der Waals surface area contributed by atoms with E-state index in [1.54, 1.807) is 6.07 Å². The van der Waals surface area contributed by atoms with Crippen LogP contribution in [-0.2, 0) is 11.2 Å². The van der Waals surface area contributed by atoms with Crippen molar-refractivity contribution in [1.29, 1.82) is 0 Å². The minimum Gasteiger partial charge on any atom is -0.355 e. The van der Waals surface area contributed by atoms with Crippen molar-refractivity contribution in [2.75, 3.05) is 19.6 Å². The van der Waals surface area contributed by atoms with Crippen molar-refractivity contribution in [1.82, 2.24) is 10.6 Å². The van der Waals surface area contributed by atoms with Gasteiger partial charge in [-0.2, -0.15) is 0 Å². The quantitative estimate of drug-likeness (QED) is 0.583. The highest BCUT2D eigenvalue weighted by Gasteiger charge is 2.02. The smallest absolute Gasteiger partial charge is 0.233 e. The van der Waals surface area contributed by atoms with Crippen molar-refractivity contribution >= 4 is 5.91 Å². The van der Waals surface area contributed by atoms with Gasteiger partial charge in [-0.1, -0.05) is 12.0 Å². The van der Waals surface area contributed by atoms with Gasteiger partial charge in [-0.05, 0) is 36.6 Å². The molecule has 0 saturated heterocycles. The molecule has 0 aliphatic heterocycles. The van der Waals surface area contributed by atoms with Gasteiger partial charge in [0.05, 0.1) is 13.1 Å². The second-order valence-electron chi connectivity index (χ2n) is 3.98. The Balaban J connectivity index is 2.29. The number of carbonyl (C=O) groups is 1. The molecule has 0 unspecified atom stereocenters. The largest absolute Gasteiger partial charge is 0.355 e. The highest BCUT2D eigenvalue weighted by Crippen LogP contribution is 2.10. The average molecular weight is 248 g/mol. The molecule has 0 saturated carbocycles. The number of nitrogens with one attached hydrogen (secondary N) is 2. The zero-order valence-electron chi connectivity index (χ0n) is 10.4. The predicted octanol–water partition coefficient (Wildman–Crippen LogP) is 1.02. The zero-order chi connectivity index (χ0) is 13.4. The van der Waals surface area contributed by atoms with Crippen LogP contribution in [0.4, 0.5) is 4.39 Å². The van der Waals surface area contributed by atoms with Crippen LogP contribution in [-0.4, -0.2) is 25.5 Å². The van der Waals surface area contributed by atoms with Gasteiger partial charge in [-0.25, -0.2) is 4.39 Å². The van der Waals surface area contributed by atoms with Crippen LogP contribution in [0.3, 0.4) is 0 Å². The summed E-state index contributed by atoms with van der Waals surface area (Å²) in [4.78, 5) is 11.3. The van der Waals surface area contributed by atoms with Crippen molar-refractivity contribution in [3.8, 4) is 12.3 Å². The van der Waals surface area contributed by atoms with E-state index in [2.05, 4.69) is 16.6 Å². The maximum absolute atomic E-state index is 12.9. The first kappa shape index (κ1) is 14.2. The topological polar surface area (TPSA) is 41.1 Å². The first-order chi connectivity index (χ1) is 8.63. The zero-order valence-corrected chi connectivity index (χ0v) is 10.4. The summed E-state index contributed by atoms with van der Waals surface area (Å²) in [6.07, 6.45) is 5.73. The van der Waals surface area contributed by atoms with Gasteiger partial charge in [-0.3, -0.25) is 10.1 Å². The number of amides is 1. The molecule has 1 aromatic carbocycles. The number of aryl methyl sites for hydroxylation is 1. The third-order valence-corrected chi connectivity index (χ3v) is 2.53. The van der Waals surface area contributed by atoms with E-state index >= 15 is 0 Å². The molecule has 18 heavy (non-hydrogen) atoms. The fraction of sp³-hybridized carbons (Fsp3) is 0.357. The van der Waals surface area contributed by atoms with Crippen LogP contribution in [0.5, 0.6) is 0 Å². The molecule has 1 amide bonds. The molecule has 2 N–H and O–H groups in total. The predicted molar refractivity (Wildman–Crippen MR) is 69.6 cm³/mol. The van der Waals surface area contributed by atoms with Gasteiger partial charge in [-0.15, -0.1) is 6.42 Å². The Labute approximate surface area is 107 Å². The number of hydrogen-bond acceptors (Lipinski definition) is 2. The van der Waals surface area contributed by atoms with E-state index in [0.29, 0.717) is 19.5 Å². The Morgan fingerprint density at radius 1 is 1.50 bits per heavy atom. The van der Waals surface area contributed by atoms with E-state index in [9.17, 15) is 9.18 Å². The van der Waals surface area contributed by atoms with Crippen LogP contribution in [0.1, 0.15) is 11.1 Å². The molecule has 0 aromatic heterocycles. The van der Waals surface area contributed by atoms with E-state index < -0.39 is 0 Å². The van der Waals surface area contributed by atoms with Crippen molar-refractivity contribution in [2.45, 2.75) is 13.3 Å². The van der Waals surface area contributed by atoms with Gasteiger partial charge in [0.2, 0.25) is 5.91 Å². The fourth-order valence-corrected chi connectivity index (χ4v) is 1.59. The van der Waals surface area contributed by atoms with Crippen molar-refractivity contribution in [3.05, 3.63) is 35.1 Å². The Morgan fingerprint density at radius 2 is 2.28 bits per heavy atom. The second-order valence-corrected chi connectivity index (χ2v) is 3.98. The van der Waals surface area contributed by atoms with Crippen molar-refractivity contribution in [3.63, 3.8) is 0 Å². The van der Waals surface area contributed by atoms with E-state index in [1.165, 1.54) is 12.1 Å². The average Bonchev–Trinajstić information content (AvgIpc) is 2.32. The summed E-state index contributed by atoms with van der Waals surface area (Å²) in [7, 11) is 0. The molecule has 0 spiro atoms. The van der Waals surface area contributed by atoms with E-state index in [0.717, 1.165) is 11.1 Å². The molecule has 4 heteroatoms. The van der Waals surface area contributed by atoms with Gasteiger partial charge in [0.15, 0.2) is 0 Å². The van der Waals surface area contributed by atoms with Gasteiger partial charge in [0, 0.05) is 6.54 Å². The monoisotopic (exact) mass is 248 g/mol. The lowest BCUT2D eigenvalue weighted by atomic mass is 10.1. The second kappa shape index (κ2) is 7.46. The van der Waals surface area contributed by atoms with Gasteiger partial charge >= 0.3 is 0 Å². The third-order valence-electron chi connectivity index (χ3n) is 2.53. The standard InChI is InChI=1S/C14H17FN2O/c1-3-7-16-10-14(18)17-8-6-12-4-5-13(15)9-11(12)2/h1,4-5,9,16H,6-8,10H2,2H3,(H,17,18). The lowest BCUT2D eigenvalue weighted by Gasteiger charge is -2.07. The number of benzene rings is 1. The Kier molecular flexibility index (Phi) is 5.89. The van der Waals surface area contributed by atoms with Gasteiger partial charge < -0.3 is 5.32 Å². The molecule has 1 rings (SSSR count). The van der Waals surface area contributed by atoms with Crippen LogP contribution in [0.2, 0.25) is 0 Å². The van der Waals surface area contributed by atoms with Crippen molar-refractivity contribution < 1.29 is 9.18 Å². The third kappa shape index (κ3) is 4.98. The van der Waals surface area contributed by atoms with Crippen LogP contribution in [0, 0.1) is 25.1 Å². The SMILES string of the molecule is C#CCNCC(=O)NCCc1ccc(F)cc1C. The summed E-state index contributed by atoms with van der Waals surface area (Å²) in [5.41, 5.74) is 1.93. The van der Waals surface area contributed by atoms with E-state index in [-0.39, 0.29) is 18.3 Å². The van der Waals surface area contributed by atoms with Crippen LogP contribution < -0.4 is 10.6 Å². The lowest BCUT2D eigenvalue weighted by Crippen LogP contribution is -2.35. The van der Waals surface area contributed by atoms with E-state index in [4.69, 9.17) is 6.42 Å². The summed E-state index contributed by atoms with van der Waals surface area (Å²) in [5.74, 6) is 2.06. The molecule has 0 bridgehead atoms. The fourth-order valence-electron chi connectivity index (χ4n) is 1.59. The molecular weight excluding hydrogens is 231 g/mol. The molecule has 0 radical (unpaired) electrons. The Morgan fingerprint density at radius 3 is 2.94 bits per heavy atom. The van der Waals surface area contributed by atoms with Crippen LogP contribution in [0.25, 0.3) is 0 Å². The maximum atomic E-state index is 12.9. The Bertz CT molecular complexity index is 452. The highest BCUT2D eigenvalue weighted by molar-refractivity contribution is 5.78. The first-order valence-corrected chi connectivity index (χ1v) is 5.79. The van der Waals surface area contributed by atoms with E-state index in [1.807, 2.05) is 6.92 Å². The molecule has 1 aromatic rings. The summed E-state index contributed by atoms with van der Waals surface area (Å²) in [6, 6.07) is 4.66. The molecule has 0 heterocycles. The summed E-state index contributed by atoms with van der Waals surface area (Å²) in [6.45, 7) is 2.98. The summed E-state index contributed by atoms with van der Waals surface area (Å²) < 4.78 is 12.9. The summed E-state index contributed by atoms with van der Waals surface area (Å²) >= 11 is 0. The molecule has 0 fully saturated rings. The first-order valence-electron chi connectivity index (χ1n) is 5.79. The van der Waals surface area contributed by atoms with Crippen molar-refractivity contribution in [2.24, 2.45) is 0 Å².